The van der Waals surface area contributed by atoms with E-state index in [1.807, 2.05) is 13.2 Å². The number of aryl methyl sites for hydroxylation is 1. The summed E-state index contributed by atoms with van der Waals surface area (Å²) in [7, 11) is 1.84. The van der Waals surface area contributed by atoms with E-state index in [0.717, 1.165) is 4.90 Å². The molecule has 1 rings (SSSR count). The lowest BCUT2D eigenvalue weighted by atomic mass is 10.2. The van der Waals surface area contributed by atoms with Crippen molar-refractivity contribution < 1.29 is 9.90 Å². The number of nitrogens with zero attached hydrogens (tertiary/aromatic N) is 2. The molecule has 0 spiro atoms. The Labute approximate surface area is 80.9 Å². The first-order valence-electron chi connectivity index (χ1n) is 3.94. The quantitative estimate of drug-likeness (QED) is 0.743. The second-order valence-corrected chi connectivity index (χ2v) is 3.99. The van der Waals surface area contributed by atoms with Gasteiger partial charge in [0, 0.05) is 23.9 Å². The highest BCUT2D eigenvalue weighted by atomic mass is 32.2. The molecule has 1 heterocycles. The molecule has 0 aliphatic heterocycles. The topological polar surface area (TPSA) is 55.1 Å². The minimum absolute atomic E-state index is 0.315. The molecule has 13 heavy (non-hydrogen) atoms. The van der Waals surface area contributed by atoms with E-state index in [0.29, 0.717) is 5.75 Å². The van der Waals surface area contributed by atoms with Crippen LogP contribution in [0, 0.1) is 5.92 Å². The Balaban J connectivity index is 2.39. The summed E-state index contributed by atoms with van der Waals surface area (Å²) in [5.41, 5.74) is 0. The SMILES string of the molecule is CC(CSc1cnn(C)c1)C(=O)O. The van der Waals surface area contributed by atoms with Crippen LogP contribution in [0.1, 0.15) is 6.92 Å². The van der Waals surface area contributed by atoms with Gasteiger partial charge >= 0.3 is 5.97 Å². The predicted octanol–water partition coefficient (Wildman–Crippen LogP) is 1.23. The van der Waals surface area contributed by atoms with E-state index in [2.05, 4.69) is 5.10 Å². The van der Waals surface area contributed by atoms with Crippen LogP contribution in [0.25, 0.3) is 0 Å². The van der Waals surface area contributed by atoms with Crippen LogP contribution in [-0.4, -0.2) is 26.6 Å². The number of rotatable bonds is 4. The van der Waals surface area contributed by atoms with Crippen molar-refractivity contribution in [3.63, 3.8) is 0 Å². The highest BCUT2D eigenvalue weighted by Gasteiger charge is 2.11. The Kier molecular flexibility index (Phi) is 3.36. The number of carboxylic acids is 1. The van der Waals surface area contributed by atoms with Crippen molar-refractivity contribution in [1.29, 1.82) is 0 Å². The number of aliphatic carboxylic acids is 1. The van der Waals surface area contributed by atoms with E-state index < -0.39 is 5.97 Å². The minimum atomic E-state index is -0.753. The second-order valence-electron chi connectivity index (χ2n) is 2.90. The molecule has 0 bridgehead atoms. The lowest BCUT2D eigenvalue weighted by Gasteiger charge is -2.02. The molecule has 0 radical (unpaired) electrons. The van der Waals surface area contributed by atoms with Crippen LogP contribution in [0.3, 0.4) is 0 Å². The van der Waals surface area contributed by atoms with E-state index in [1.165, 1.54) is 11.8 Å². The zero-order chi connectivity index (χ0) is 9.84. The van der Waals surface area contributed by atoms with Gasteiger partial charge in [-0.25, -0.2) is 0 Å². The van der Waals surface area contributed by atoms with Crippen LogP contribution in [0.15, 0.2) is 17.3 Å². The molecule has 1 N–H and O–H groups in total. The Hall–Kier alpha value is -0.970. The molecule has 0 aromatic carbocycles. The first-order chi connectivity index (χ1) is 6.09. The third-order valence-corrected chi connectivity index (χ3v) is 2.81. The van der Waals surface area contributed by atoms with E-state index in [4.69, 9.17) is 5.11 Å². The zero-order valence-corrected chi connectivity index (χ0v) is 8.41. The van der Waals surface area contributed by atoms with Gasteiger partial charge < -0.3 is 5.11 Å². The fourth-order valence-electron chi connectivity index (χ4n) is 0.766. The molecule has 0 amide bonds. The number of carboxylic acid groups (broad SMARTS) is 1. The van der Waals surface area contributed by atoms with Gasteiger partial charge in [-0.3, -0.25) is 9.48 Å². The first kappa shape index (κ1) is 10.1. The van der Waals surface area contributed by atoms with Gasteiger partial charge in [-0.2, -0.15) is 5.10 Å². The van der Waals surface area contributed by atoms with Gasteiger partial charge in [-0.05, 0) is 0 Å². The van der Waals surface area contributed by atoms with Gasteiger partial charge in [0.2, 0.25) is 0 Å². The van der Waals surface area contributed by atoms with Crippen molar-refractivity contribution in [3.8, 4) is 0 Å². The summed E-state index contributed by atoms with van der Waals surface area (Å²) in [6.45, 7) is 1.70. The summed E-state index contributed by atoms with van der Waals surface area (Å²) < 4.78 is 1.70. The molecule has 0 aliphatic carbocycles. The zero-order valence-electron chi connectivity index (χ0n) is 7.60. The standard InChI is InChI=1S/C8H12N2O2S/c1-6(8(11)12)5-13-7-3-9-10(2)4-7/h3-4,6H,5H2,1-2H3,(H,11,12). The third kappa shape index (κ3) is 3.10. The molecule has 1 atom stereocenters. The molecule has 1 aromatic rings. The maximum atomic E-state index is 10.5. The van der Waals surface area contributed by atoms with Gasteiger partial charge in [0.05, 0.1) is 12.1 Å². The highest BCUT2D eigenvalue weighted by molar-refractivity contribution is 7.99. The van der Waals surface area contributed by atoms with Gasteiger partial charge in [-0.1, -0.05) is 6.92 Å². The van der Waals surface area contributed by atoms with Gasteiger partial charge in [0.1, 0.15) is 0 Å². The van der Waals surface area contributed by atoms with Crippen LogP contribution in [-0.2, 0) is 11.8 Å². The maximum Gasteiger partial charge on any atom is 0.307 e. The predicted molar refractivity (Wildman–Crippen MR) is 50.7 cm³/mol. The largest absolute Gasteiger partial charge is 0.481 e. The number of thioether (sulfide) groups is 1. The average molecular weight is 200 g/mol. The Morgan fingerprint density at radius 3 is 3.00 bits per heavy atom. The van der Waals surface area contributed by atoms with E-state index in [1.54, 1.807) is 17.8 Å². The van der Waals surface area contributed by atoms with Crippen LogP contribution in [0.2, 0.25) is 0 Å². The smallest absolute Gasteiger partial charge is 0.307 e. The molecular formula is C8H12N2O2S. The summed E-state index contributed by atoms with van der Waals surface area (Å²) in [5.74, 6) is -0.484. The van der Waals surface area contributed by atoms with E-state index in [-0.39, 0.29) is 5.92 Å². The van der Waals surface area contributed by atoms with Crippen molar-refractivity contribution in [1.82, 2.24) is 9.78 Å². The molecule has 1 unspecified atom stereocenters. The number of hydrogen-bond acceptors (Lipinski definition) is 3. The van der Waals surface area contributed by atoms with E-state index in [9.17, 15) is 4.79 Å². The summed E-state index contributed by atoms with van der Waals surface area (Å²) in [4.78, 5) is 11.5. The fraction of sp³-hybridized carbons (Fsp3) is 0.500. The molecule has 0 saturated carbocycles. The average Bonchev–Trinajstić information content (AvgIpc) is 2.47. The summed E-state index contributed by atoms with van der Waals surface area (Å²) in [5, 5.41) is 12.6. The summed E-state index contributed by atoms with van der Waals surface area (Å²) in [6, 6.07) is 0. The monoisotopic (exact) mass is 200 g/mol. The van der Waals surface area contributed by atoms with Crippen LogP contribution in [0.4, 0.5) is 0 Å². The van der Waals surface area contributed by atoms with Gasteiger partial charge in [0.25, 0.3) is 0 Å². The molecule has 0 fully saturated rings. The van der Waals surface area contributed by atoms with Gasteiger partial charge in [0.15, 0.2) is 0 Å². The summed E-state index contributed by atoms with van der Waals surface area (Å²) >= 11 is 1.51. The molecule has 4 nitrogen and oxygen atoms in total. The number of carbonyl (C=O) groups is 1. The molecule has 0 aliphatic rings. The highest BCUT2D eigenvalue weighted by Crippen LogP contribution is 2.19. The van der Waals surface area contributed by atoms with Crippen LogP contribution in [0.5, 0.6) is 0 Å². The number of hydrogen-bond donors (Lipinski definition) is 1. The van der Waals surface area contributed by atoms with Crippen molar-refractivity contribution >= 4 is 17.7 Å². The Bertz CT molecular complexity index is 298. The normalized spacial score (nSPS) is 12.8. The van der Waals surface area contributed by atoms with Crippen molar-refractivity contribution in [3.05, 3.63) is 12.4 Å². The van der Waals surface area contributed by atoms with E-state index >= 15 is 0 Å². The molecule has 5 heteroatoms. The van der Waals surface area contributed by atoms with Crippen molar-refractivity contribution in [2.45, 2.75) is 11.8 Å². The molecular weight excluding hydrogens is 188 g/mol. The lowest BCUT2D eigenvalue weighted by Crippen LogP contribution is -2.11. The van der Waals surface area contributed by atoms with Crippen LogP contribution < -0.4 is 0 Å². The fourth-order valence-corrected chi connectivity index (χ4v) is 1.70. The summed E-state index contributed by atoms with van der Waals surface area (Å²) in [6.07, 6.45) is 3.61. The minimum Gasteiger partial charge on any atom is -0.481 e. The second kappa shape index (κ2) is 4.32. The number of aromatic nitrogens is 2. The van der Waals surface area contributed by atoms with Gasteiger partial charge in [-0.15, -0.1) is 11.8 Å². The molecule has 72 valence electrons. The maximum absolute atomic E-state index is 10.5. The Morgan fingerprint density at radius 2 is 2.54 bits per heavy atom. The lowest BCUT2D eigenvalue weighted by molar-refractivity contribution is -0.140. The Morgan fingerprint density at radius 1 is 1.85 bits per heavy atom. The molecule has 1 aromatic heterocycles. The van der Waals surface area contributed by atoms with Crippen LogP contribution >= 0.6 is 11.8 Å². The van der Waals surface area contributed by atoms with Crippen molar-refractivity contribution in [2.24, 2.45) is 13.0 Å². The van der Waals surface area contributed by atoms with Crippen molar-refractivity contribution in [2.75, 3.05) is 5.75 Å². The molecule has 0 saturated heterocycles. The third-order valence-electron chi connectivity index (χ3n) is 1.60. The first-order valence-corrected chi connectivity index (χ1v) is 4.92.